The molecule has 1 atom stereocenters. The van der Waals surface area contributed by atoms with Crippen molar-refractivity contribution in [2.75, 3.05) is 60.6 Å². The van der Waals surface area contributed by atoms with Gasteiger partial charge < -0.3 is 24.6 Å². The average Bonchev–Trinajstić information content (AvgIpc) is 3.17. The molecule has 28 heavy (non-hydrogen) atoms. The summed E-state index contributed by atoms with van der Waals surface area (Å²) in [5.41, 5.74) is 1.23. The molecule has 1 fully saturated rings. The maximum Gasteiger partial charge on any atom is 0.243 e. The Balaban J connectivity index is 1.93. The zero-order valence-corrected chi connectivity index (χ0v) is 17.6. The Morgan fingerprint density at radius 1 is 1.32 bits per heavy atom. The van der Waals surface area contributed by atoms with Gasteiger partial charge in [-0.2, -0.15) is 0 Å². The normalized spacial score (nSPS) is 16.9. The third-order valence-electron chi connectivity index (χ3n) is 4.86. The fourth-order valence-corrected chi connectivity index (χ4v) is 3.11. The summed E-state index contributed by atoms with van der Waals surface area (Å²) in [5.74, 6) is 2.18. The second kappa shape index (κ2) is 11.5. The molecule has 1 aromatic rings. The Hall–Kier alpha value is -2.28. The minimum absolute atomic E-state index is 0.000447. The Morgan fingerprint density at radius 3 is 2.71 bits per heavy atom. The SMILES string of the molecule is CCOCC1CCN(C(=NCC(=O)N(C)C)NCCc2ccc(OC)cc2)C1. The van der Waals surface area contributed by atoms with Gasteiger partial charge in [0.25, 0.3) is 0 Å². The molecular weight excluding hydrogens is 356 g/mol. The zero-order valence-electron chi connectivity index (χ0n) is 17.6. The number of rotatable bonds is 9. The molecule has 0 aromatic heterocycles. The lowest BCUT2D eigenvalue weighted by atomic mass is 10.1. The second-order valence-electron chi connectivity index (χ2n) is 7.21. The van der Waals surface area contributed by atoms with Crippen LogP contribution >= 0.6 is 0 Å². The van der Waals surface area contributed by atoms with Crippen LogP contribution in [0.25, 0.3) is 0 Å². The van der Waals surface area contributed by atoms with Gasteiger partial charge in [0.05, 0.1) is 13.7 Å². The van der Waals surface area contributed by atoms with E-state index in [-0.39, 0.29) is 12.5 Å². The second-order valence-corrected chi connectivity index (χ2v) is 7.21. The first kappa shape index (κ1) is 22.0. The number of ether oxygens (including phenoxy) is 2. The van der Waals surface area contributed by atoms with Gasteiger partial charge in [0.1, 0.15) is 12.3 Å². The van der Waals surface area contributed by atoms with Crippen LogP contribution in [0.3, 0.4) is 0 Å². The van der Waals surface area contributed by atoms with Crippen LogP contribution in [-0.2, 0) is 16.0 Å². The van der Waals surface area contributed by atoms with Crippen molar-refractivity contribution in [3.8, 4) is 5.75 Å². The van der Waals surface area contributed by atoms with Crippen LogP contribution in [0.1, 0.15) is 18.9 Å². The van der Waals surface area contributed by atoms with Gasteiger partial charge >= 0.3 is 0 Å². The van der Waals surface area contributed by atoms with Gasteiger partial charge in [-0.3, -0.25) is 4.79 Å². The van der Waals surface area contributed by atoms with Crippen molar-refractivity contribution in [2.45, 2.75) is 19.8 Å². The molecule has 7 nitrogen and oxygen atoms in total. The fourth-order valence-electron chi connectivity index (χ4n) is 3.11. The highest BCUT2D eigenvalue weighted by atomic mass is 16.5. The molecule has 1 heterocycles. The molecule has 1 aliphatic heterocycles. The van der Waals surface area contributed by atoms with Gasteiger partial charge in [-0.05, 0) is 37.5 Å². The summed E-state index contributed by atoms with van der Waals surface area (Å²) < 4.78 is 10.8. The number of likely N-dealkylation sites (tertiary alicyclic amines) is 1. The first-order valence-corrected chi connectivity index (χ1v) is 9.97. The van der Waals surface area contributed by atoms with E-state index in [1.165, 1.54) is 5.56 Å². The maximum atomic E-state index is 12.0. The number of hydrogen-bond acceptors (Lipinski definition) is 4. The first-order valence-electron chi connectivity index (χ1n) is 9.97. The molecule has 0 saturated carbocycles. The van der Waals surface area contributed by atoms with Crippen LogP contribution in [0.5, 0.6) is 5.75 Å². The monoisotopic (exact) mass is 390 g/mol. The summed E-state index contributed by atoms with van der Waals surface area (Å²) in [7, 11) is 5.17. The van der Waals surface area contributed by atoms with Crippen molar-refractivity contribution in [3.63, 3.8) is 0 Å². The number of methoxy groups -OCH3 is 1. The molecule has 1 aliphatic rings. The summed E-state index contributed by atoms with van der Waals surface area (Å²) in [5, 5.41) is 3.44. The number of aliphatic imine (C=N–C) groups is 1. The third-order valence-corrected chi connectivity index (χ3v) is 4.86. The average molecular weight is 391 g/mol. The number of nitrogens with one attached hydrogen (secondary N) is 1. The van der Waals surface area contributed by atoms with Gasteiger partial charge in [0.15, 0.2) is 5.96 Å². The van der Waals surface area contributed by atoms with Crippen LogP contribution in [0.4, 0.5) is 0 Å². The summed E-state index contributed by atoms with van der Waals surface area (Å²) in [6.45, 7) is 6.30. The van der Waals surface area contributed by atoms with Crippen LogP contribution in [0, 0.1) is 5.92 Å². The fraction of sp³-hybridized carbons (Fsp3) is 0.619. The highest BCUT2D eigenvalue weighted by Crippen LogP contribution is 2.17. The summed E-state index contributed by atoms with van der Waals surface area (Å²) >= 11 is 0. The number of amides is 1. The van der Waals surface area contributed by atoms with E-state index in [2.05, 4.69) is 27.3 Å². The van der Waals surface area contributed by atoms with Gasteiger partial charge in [0.2, 0.25) is 5.91 Å². The van der Waals surface area contributed by atoms with E-state index < -0.39 is 0 Å². The number of carbonyl (C=O) groups is 1. The van der Waals surface area contributed by atoms with Crippen molar-refractivity contribution in [2.24, 2.45) is 10.9 Å². The lowest BCUT2D eigenvalue weighted by Crippen LogP contribution is -2.42. The number of guanidine groups is 1. The highest BCUT2D eigenvalue weighted by molar-refractivity contribution is 5.85. The van der Waals surface area contributed by atoms with Crippen molar-refractivity contribution < 1.29 is 14.3 Å². The molecule has 2 rings (SSSR count). The molecule has 1 N–H and O–H groups in total. The smallest absolute Gasteiger partial charge is 0.243 e. The number of carbonyl (C=O) groups excluding carboxylic acids is 1. The molecular formula is C21H34N4O3. The van der Waals surface area contributed by atoms with Gasteiger partial charge in [-0.25, -0.2) is 4.99 Å². The lowest BCUT2D eigenvalue weighted by molar-refractivity contribution is -0.127. The maximum absolute atomic E-state index is 12.0. The van der Waals surface area contributed by atoms with Crippen molar-refractivity contribution in [1.82, 2.24) is 15.1 Å². The van der Waals surface area contributed by atoms with Gasteiger partial charge in [0, 0.05) is 46.3 Å². The Morgan fingerprint density at radius 2 is 2.07 bits per heavy atom. The van der Waals surface area contributed by atoms with Gasteiger partial charge in [-0.15, -0.1) is 0 Å². The number of benzene rings is 1. The van der Waals surface area contributed by atoms with E-state index >= 15 is 0 Å². The van der Waals surface area contributed by atoms with Gasteiger partial charge in [-0.1, -0.05) is 12.1 Å². The number of likely N-dealkylation sites (N-methyl/N-ethyl adjacent to an activating group) is 1. The van der Waals surface area contributed by atoms with Crippen LogP contribution < -0.4 is 10.1 Å². The molecule has 1 saturated heterocycles. The molecule has 0 bridgehead atoms. The largest absolute Gasteiger partial charge is 0.497 e. The van der Waals surface area contributed by atoms with Crippen LogP contribution in [-0.4, -0.2) is 82.3 Å². The van der Waals surface area contributed by atoms with Crippen molar-refractivity contribution >= 4 is 11.9 Å². The third kappa shape index (κ3) is 7.03. The summed E-state index contributed by atoms with van der Waals surface area (Å²) in [6, 6.07) is 8.08. The van der Waals surface area contributed by atoms with Crippen LogP contribution in [0.15, 0.2) is 29.3 Å². The van der Waals surface area contributed by atoms with E-state index in [9.17, 15) is 4.79 Å². The number of hydrogen-bond donors (Lipinski definition) is 1. The van der Waals surface area contributed by atoms with E-state index in [0.29, 0.717) is 5.92 Å². The molecule has 0 spiro atoms. The topological polar surface area (TPSA) is 66.4 Å². The predicted octanol–water partition coefficient (Wildman–Crippen LogP) is 1.63. The zero-order chi connectivity index (χ0) is 20.4. The molecule has 1 amide bonds. The minimum Gasteiger partial charge on any atom is -0.497 e. The van der Waals surface area contributed by atoms with Crippen molar-refractivity contribution in [1.29, 1.82) is 0 Å². The van der Waals surface area contributed by atoms with E-state index in [4.69, 9.17) is 9.47 Å². The number of nitrogens with zero attached hydrogens (tertiary/aromatic N) is 3. The quantitative estimate of drug-likeness (QED) is 0.513. The summed E-state index contributed by atoms with van der Waals surface area (Å²) in [6.07, 6.45) is 1.96. The van der Waals surface area contributed by atoms with E-state index in [1.807, 2.05) is 19.1 Å². The van der Waals surface area contributed by atoms with E-state index in [1.54, 1.807) is 26.1 Å². The minimum atomic E-state index is -0.000447. The predicted molar refractivity (Wildman–Crippen MR) is 112 cm³/mol. The molecule has 1 aromatic carbocycles. The van der Waals surface area contributed by atoms with E-state index in [0.717, 1.165) is 57.4 Å². The lowest BCUT2D eigenvalue weighted by Gasteiger charge is -2.22. The molecule has 0 aliphatic carbocycles. The first-order chi connectivity index (χ1) is 13.5. The Labute approximate surface area is 168 Å². The standard InChI is InChI=1S/C21H34N4O3/c1-5-28-16-18-11-13-25(15-18)21(23-14-20(26)24(2)3)22-12-10-17-6-8-19(27-4)9-7-17/h6-9,18H,5,10-16H2,1-4H3,(H,22,23). The van der Waals surface area contributed by atoms with Crippen LogP contribution in [0.2, 0.25) is 0 Å². The molecule has 7 heteroatoms. The Kier molecular flexibility index (Phi) is 9.07. The van der Waals surface area contributed by atoms with Crippen molar-refractivity contribution in [3.05, 3.63) is 29.8 Å². The highest BCUT2D eigenvalue weighted by Gasteiger charge is 2.25. The summed E-state index contributed by atoms with van der Waals surface area (Å²) in [4.78, 5) is 20.4. The molecule has 0 radical (unpaired) electrons. The Bertz CT molecular complexity index is 631. The molecule has 1 unspecified atom stereocenters. The molecule has 156 valence electrons.